The third kappa shape index (κ3) is 6.97. The lowest BCUT2D eigenvalue weighted by Gasteiger charge is -2.20. The summed E-state index contributed by atoms with van der Waals surface area (Å²) in [4.78, 5) is 22.5. The summed E-state index contributed by atoms with van der Waals surface area (Å²) in [5, 5.41) is 9.02. The fourth-order valence-electron chi connectivity index (χ4n) is 1.67. The third-order valence-corrected chi connectivity index (χ3v) is 2.43. The second-order valence-corrected chi connectivity index (χ2v) is 3.50. The zero-order valence-electron chi connectivity index (χ0n) is 11.7. The molecule has 0 aromatic rings. The topological polar surface area (TPSA) is 63.6 Å². The third-order valence-electron chi connectivity index (χ3n) is 2.43. The smallest absolute Gasteiger partial charge is 0.309 e. The predicted octanol–water partition coefficient (Wildman–Crippen LogP) is 3.10. The number of carboxylic acid groups (broad SMARTS) is 1. The number of carbonyl (C=O) groups excluding carboxylic acids is 1. The molecule has 2 unspecified atom stereocenters. The number of hydrogen-bond donors (Lipinski definition) is 1. The van der Waals surface area contributed by atoms with Crippen molar-refractivity contribution in [2.24, 2.45) is 11.8 Å². The molecule has 0 bridgehead atoms. The maximum atomic E-state index is 11.5. The van der Waals surface area contributed by atoms with Crippen LogP contribution in [0.3, 0.4) is 0 Å². The van der Waals surface area contributed by atoms with Gasteiger partial charge in [0.25, 0.3) is 0 Å². The van der Waals surface area contributed by atoms with Crippen molar-refractivity contribution in [1.29, 1.82) is 0 Å². The summed E-state index contributed by atoms with van der Waals surface area (Å²) >= 11 is 0. The van der Waals surface area contributed by atoms with Crippen molar-refractivity contribution in [2.75, 3.05) is 6.61 Å². The van der Waals surface area contributed by atoms with Crippen LogP contribution in [0.25, 0.3) is 0 Å². The number of aliphatic carboxylic acids is 1. The summed E-state index contributed by atoms with van der Waals surface area (Å²) in [6.45, 7) is 9.75. The van der Waals surface area contributed by atoms with Crippen molar-refractivity contribution in [2.45, 2.75) is 53.9 Å². The van der Waals surface area contributed by atoms with E-state index in [-0.39, 0.29) is 5.97 Å². The van der Waals surface area contributed by atoms with E-state index in [1.54, 1.807) is 6.92 Å². The van der Waals surface area contributed by atoms with Gasteiger partial charge in [0.1, 0.15) is 0 Å². The molecule has 4 heteroatoms. The molecule has 0 aromatic heterocycles. The molecule has 0 saturated carbocycles. The average molecular weight is 246 g/mol. The van der Waals surface area contributed by atoms with E-state index in [2.05, 4.69) is 0 Å². The van der Waals surface area contributed by atoms with Crippen LogP contribution in [0.1, 0.15) is 53.9 Å². The Labute approximate surface area is 104 Å². The lowest BCUT2D eigenvalue weighted by Crippen LogP contribution is -2.30. The highest BCUT2D eigenvalue weighted by atomic mass is 16.5. The fourth-order valence-corrected chi connectivity index (χ4v) is 1.67. The maximum absolute atomic E-state index is 11.5. The first-order chi connectivity index (χ1) is 8.08. The Kier molecular flexibility index (Phi) is 12.3. The van der Waals surface area contributed by atoms with Crippen LogP contribution in [-0.2, 0) is 14.3 Å². The number of carbonyl (C=O) groups is 2. The first kappa shape index (κ1) is 18.3. The minimum atomic E-state index is -0.906. The van der Waals surface area contributed by atoms with Crippen molar-refractivity contribution in [3.05, 3.63) is 0 Å². The van der Waals surface area contributed by atoms with Crippen LogP contribution >= 0.6 is 0 Å². The minimum Gasteiger partial charge on any atom is -0.481 e. The molecule has 2 atom stereocenters. The summed E-state index contributed by atoms with van der Waals surface area (Å²) in [5.41, 5.74) is 0. The molecular formula is C13H26O4. The highest BCUT2D eigenvalue weighted by Crippen LogP contribution is 2.22. The van der Waals surface area contributed by atoms with Crippen molar-refractivity contribution < 1.29 is 19.4 Å². The van der Waals surface area contributed by atoms with Crippen molar-refractivity contribution in [1.82, 2.24) is 0 Å². The number of hydrogen-bond acceptors (Lipinski definition) is 3. The van der Waals surface area contributed by atoms with Crippen LogP contribution in [0.15, 0.2) is 0 Å². The summed E-state index contributed by atoms with van der Waals surface area (Å²) in [5.74, 6) is -2.42. The second-order valence-electron chi connectivity index (χ2n) is 3.50. The zero-order chi connectivity index (χ0) is 13.8. The molecule has 17 heavy (non-hydrogen) atoms. The normalized spacial score (nSPS) is 13.0. The first-order valence-electron chi connectivity index (χ1n) is 6.47. The van der Waals surface area contributed by atoms with E-state index in [0.29, 0.717) is 19.4 Å². The molecule has 0 rings (SSSR count). The highest BCUT2D eigenvalue weighted by molar-refractivity contribution is 5.81. The van der Waals surface area contributed by atoms with E-state index in [0.717, 1.165) is 6.42 Å². The standard InChI is InChI=1S/C11H20O4.C2H6/c1-4-7-9(10(12)13)8(5-2)11(14)15-6-3;1-2/h8-9H,4-7H2,1-3H3,(H,12,13);1-2H3. The summed E-state index contributed by atoms with van der Waals surface area (Å²) in [7, 11) is 0. The zero-order valence-corrected chi connectivity index (χ0v) is 11.7. The van der Waals surface area contributed by atoms with Crippen molar-refractivity contribution >= 4 is 11.9 Å². The monoisotopic (exact) mass is 246 g/mol. The average Bonchev–Trinajstić information content (AvgIpc) is 2.31. The molecular weight excluding hydrogens is 220 g/mol. The van der Waals surface area contributed by atoms with Gasteiger partial charge < -0.3 is 9.84 Å². The minimum absolute atomic E-state index is 0.299. The van der Waals surface area contributed by atoms with Gasteiger partial charge in [-0.25, -0.2) is 0 Å². The number of rotatable bonds is 7. The molecule has 0 spiro atoms. The van der Waals surface area contributed by atoms with E-state index in [4.69, 9.17) is 9.84 Å². The number of carboxylic acids is 1. The van der Waals surface area contributed by atoms with Crippen LogP contribution in [-0.4, -0.2) is 23.7 Å². The van der Waals surface area contributed by atoms with Gasteiger partial charge in [-0.3, -0.25) is 9.59 Å². The Morgan fingerprint density at radius 3 is 1.94 bits per heavy atom. The van der Waals surface area contributed by atoms with Crippen LogP contribution in [0.2, 0.25) is 0 Å². The lowest BCUT2D eigenvalue weighted by molar-refractivity contribution is -0.157. The molecule has 0 fully saturated rings. The van der Waals surface area contributed by atoms with Gasteiger partial charge in [0.15, 0.2) is 0 Å². The Morgan fingerprint density at radius 1 is 1.12 bits per heavy atom. The quantitative estimate of drug-likeness (QED) is 0.701. The van der Waals surface area contributed by atoms with Crippen molar-refractivity contribution in [3.8, 4) is 0 Å². The van der Waals surface area contributed by atoms with Gasteiger partial charge in [-0.05, 0) is 19.8 Å². The molecule has 0 radical (unpaired) electrons. The van der Waals surface area contributed by atoms with E-state index >= 15 is 0 Å². The van der Waals surface area contributed by atoms with Crippen LogP contribution in [0.4, 0.5) is 0 Å². The maximum Gasteiger partial charge on any atom is 0.309 e. The van der Waals surface area contributed by atoms with Gasteiger partial charge in [0.05, 0.1) is 18.4 Å². The molecule has 0 aliphatic rings. The molecule has 4 nitrogen and oxygen atoms in total. The van der Waals surface area contributed by atoms with E-state index in [1.807, 2.05) is 27.7 Å². The Morgan fingerprint density at radius 2 is 1.65 bits per heavy atom. The second kappa shape index (κ2) is 11.4. The lowest BCUT2D eigenvalue weighted by atomic mass is 9.86. The van der Waals surface area contributed by atoms with Gasteiger partial charge in [-0.1, -0.05) is 34.1 Å². The predicted molar refractivity (Wildman–Crippen MR) is 67.8 cm³/mol. The first-order valence-corrected chi connectivity index (χ1v) is 6.47. The Bertz CT molecular complexity index is 213. The van der Waals surface area contributed by atoms with Gasteiger partial charge in [-0.2, -0.15) is 0 Å². The highest BCUT2D eigenvalue weighted by Gasteiger charge is 2.32. The molecule has 1 N–H and O–H groups in total. The molecule has 0 aromatic carbocycles. The van der Waals surface area contributed by atoms with Crippen molar-refractivity contribution in [3.63, 3.8) is 0 Å². The molecule has 102 valence electrons. The van der Waals surface area contributed by atoms with Crippen LogP contribution in [0.5, 0.6) is 0 Å². The molecule has 0 aliphatic heterocycles. The molecule has 0 heterocycles. The summed E-state index contributed by atoms with van der Waals surface area (Å²) < 4.78 is 4.87. The van der Waals surface area contributed by atoms with E-state index < -0.39 is 17.8 Å². The summed E-state index contributed by atoms with van der Waals surface area (Å²) in [6.07, 6.45) is 1.79. The molecule has 0 aliphatic carbocycles. The van der Waals surface area contributed by atoms with Gasteiger partial charge in [0, 0.05) is 0 Å². The summed E-state index contributed by atoms with van der Waals surface area (Å²) in [6, 6.07) is 0. The van der Waals surface area contributed by atoms with E-state index in [1.165, 1.54) is 0 Å². The van der Waals surface area contributed by atoms with Crippen LogP contribution < -0.4 is 0 Å². The van der Waals surface area contributed by atoms with Gasteiger partial charge >= 0.3 is 11.9 Å². The SMILES string of the molecule is CC.CCCC(C(=O)O)C(CC)C(=O)OCC. The van der Waals surface area contributed by atoms with Crippen LogP contribution in [0, 0.1) is 11.8 Å². The van der Waals surface area contributed by atoms with E-state index in [9.17, 15) is 9.59 Å². The largest absolute Gasteiger partial charge is 0.481 e. The Hall–Kier alpha value is -1.06. The molecule has 0 saturated heterocycles. The number of ether oxygens (including phenoxy) is 1. The number of esters is 1. The molecule has 0 amide bonds. The van der Waals surface area contributed by atoms with Gasteiger partial charge in [-0.15, -0.1) is 0 Å². The Balaban J connectivity index is 0. The van der Waals surface area contributed by atoms with Gasteiger partial charge in [0.2, 0.25) is 0 Å². The fraction of sp³-hybridized carbons (Fsp3) is 0.846.